The maximum atomic E-state index is 5.80. The van der Waals surface area contributed by atoms with E-state index in [9.17, 15) is 0 Å². The first-order valence-corrected chi connectivity index (χ1v) is 8.30. The van der Waals surface area contributed by atoms with Gasteiger partial charge in [-0.2, -0.15) is 0 Å². The Morgan fingerprint density at radius 1 is 0.957 bits per heavy atom. The number of hydrogen-bond acceptors (Lipinski definition) is 3. The Bertz CT molecular complexity index is 596. The first kappa shape index (κ1) is 17.4. The lowest BCUT2D eigenvalue weighted by Gasteiger charge is -2.17. The van der Waals surface area contributed by atoms with Gasteiger partial charge in [0, 0.05) is 12.6 Å². The second kappa shape index (κ2) is 8.59. The summed E-state index contributed by atoms with van der Waals surface area (Å²) in [4.78, 5) is 0. The molecule has 0 bridgehead atoms. The van der Waals surface area contributed by atoms with Gasteiger partial charge < -0.3 is 14.8 Å². The molecule has 0 aromatic heterocycles. The summed E-state index contributed by atoms with van der Waals surface area (Å²) in [5.74, 6) is 1.62. The summed E-state index contributed by atoms with van der Waals surface area (Å²) in [7, 11) is 0. The second-order valence-electron chi connectivity index (χ2n) is 5.89. The van der Waals surface area contributed by atoms with Crippen LogP contribution in [0.25, 0.3) is 0 Å². The van der Waals surface area contributed by atoms with Crippen LogP contribution in [0, 0.1) is 0 Å². The van der Waals surface area contributed by atoms with Gasteiger partial charge in [-0.15, -0.1) is 0 Å². The van der Waals surface area contributed by atoms with Crippen LogP contribution in [0.3, 0.4) is 0 Å². The summed E-state index contributed by atoms with van der Waals surface area (Å²) in [5.41, 5.74) is 2.48. The summed E-state index contributed by atoms with van der Waals surface area (Å²) in [5, 5.41) is 3.55. The number of ether oxygens (including phenoxy) is 2. The molecule has 2 aromatic rings. The summed E-state index contributed by atoms with van der Waals surface area (Å²) < 4.78 is 11.5. The van der Waals surface area contributed by atoms with Crippen LogP contribution < -0.4 is 14.8 Å². The molecule has 2 aromatic carbocycles. The third kappa shape index (κ3) is 5.29. The zero-order valence-electron chi connectivity index (χ0n) is 14.5. The first-order valence-electron chi connectivity index (χ1n) is 8.30. The van der Waals surface area contributed by atoms with Gasteiger partial charge in [0.25, 0.3) is 0 Å². The molecule has 1 atom stereocenters. The van der Waals surface area contributed by atoms with Crippen molar-refractivity contribution in [2.75, 3.05) is 6.61 Å². The van der Waals surface area contributed by atoms with Crippen LogP contribution in [-0.4, -0.2) is 12.7 Å². The molecule has 0 aliphatic carbocycles. The highest BCUT2D eigenvalue weighted by Gasteiger charge is 2.09. The molecule has 3 heteroatoms. The topological polar surface area (TPSA) is 30.5 Å². The van der Waals surface area contributed by atoms with E-state index in [1.807, 2.05) is 32.9 Å². The Labute approximate surface area is 139 Å². The average Bonchev–Trinajstić information content (AvgIpc) is 2.55. The zero-order chi connectivity index (χ0) is 16.7. The van der Waals surface area contributed by atoms with E-state index in [0.29, 0.717) is 12.6 Å². The largest absolute Gasteiger partial charge is 0.490 e. The van der Waals surface area contributed by atoms with Gasteiger partial charge in [0.2, 0.25) is 0 Å². The van der Waals surface area contributed by atoms with Crippen molar-refractivity contribution in [2.45, 2.75) is 46.4 Å². The SMILES string of the molecule is CCOc1cc(CNC(C)c2ccccc2)ccc1OC(C)C. The van der Waals surface area contributed by atoms with Crippen molar-refractivity contribution in [1.82, 2.24) is 5.32 Å². The lowest BCUT2D eigenvalue weighted by atomic mass is 10.1. The van der Waals surface area contributed by atoms with E-state index in [1.165, 1.54) is 11.1 Å². The van der Waals surface area contributed by atoms with Crippen LogP contribution in [0.5, 0.6) is 11.5 Å². The molecule has 124 valence electrons. The molecule has 0 amide bonds. The van der Waals surface area contributed by atoms with Crippen molar-refractivity contribution in [3.63, 3.8) is 0 Å². The summed E-state index contributed by atoms with van der Waals surface area (Å²) in [6.07, 6.45) is 0.135. The van der Waals surface area contributed by atoms with E-state index < -0.39 is 0 Å². The standard InChI is InChI=1S/C20H27NO2/c1-5-22-20-13-17(11-12-19(20)23-15(2)3)14-21-16(4)18-9-7-6-8-10-18/h6-13,15-16,21H,5,14H2,1-4H3. The third-order valence-corrected chi connectivity index (χ3v) is 3.58. The highest BCUT2D eigenvalue weighted by Crippen LogP contribution is 2.29. The minimum atomic E-state index is 0.135. The van der Waals surface area contributed by atoms with E-state index in [0.717, 1.165) is 18.0 Å². The first-order chi connectivity index (χ1) is 11.1. The van der Waals surface area contributed by atoms with Crippen LogP contribution in [0.1, 0.15) is 44.9 Å². The molecule has 0 aliphatic rings. The van der Waals surface area contributed by atoms with Crippen LogP contribution in [0.2, 0.25) is 0 Å². The Hall–Kier alpha value is -2.00. The molecular weight excluding hydrogens is 286 g/mol. The third-order valence-electron chi connectivity index (χ3n) is 3.58. The molecular formula is C20H27NO2. The van der Waals surface area contributed by atoms with Crippen molar-refractivity contribution in [1.29, 1.82) is 0 Å². The molecule has 2 rings (SSSR count). The highest BCUT2D eigenvalue weighted by atomic mass is 16.5. The lowest BCUT2D eigenvalue weighted by Crippen LogP contribution is -2.18. The van der Waals surface area contributed by atoms with E-state index in [4.69, 9.17) is 9.47 Å². The number of rotatable bonds is 8. The predicted molar refractivity (Wildman–Crippen MR) is 95.1 cm³/mol. The van der Waals surface area contributed by atoms with Crippen molar-refractivity contribution in [3.05, 3.63) is 59.7 Å². The number of hydrogen-bond donors (Lipinski definition) is 1. The Morgan fingerprint density at radius 2 is 1.70 bits per heavy atom. The number of benzene rings is 2. The van der Waals surface area contributed by atoms with Crippen LogP contribution in [-0.2, 0) is 6.54 Å². The van der Waals surface area contributed by atoms with E-state index >= 15 is 0 Å². The average molecular weight is 313 g/mol. The molecule has 0 spiro atoms. The van der Waals surface area contributed by atoms with Gasteiger partial charge in [0.1, 0.15) is 0 Å². The smallest absolute Gasteiger partial charge is 0.161 e. The van der Waals surface area contributed by atoms with Gasteiger partial charge in [-0.25, -0.2) is 0 Å². The molecule has 1 unspecified atom stereocenters. The van der Waals surface area contributed by atoms with Crippen molar-refractivity contribution >= 4 is 0 Å². The fraction of sp³-hybridized carbons (Fsp3) is 0.400. The summed E-state index contributed by atoms with van der Waals surface area (Å²) in [6.45, 7) is 9.62. The predicted octanol–water partition coefficient (Wildman–Crippen LogP) is 4.72. The van der Waals surface area contributed by atoms with Crippen molar-refractivity contribution < 1.29 is 9.47 Å². The molecule has 0 radical (unpaired) electrons. The van der Waals surface area contributed by atoms with Crippen LogP contribution >= 0.6 is 0 Å². The lowest BCUT2D eigenvalue weighted by molar-refractivity contribution is 0.223. The molecule has 3 nitrogen and oxygen atoms in total. The fourth-order valence-corrected chi connectivity index (χ4v) is 2.41. The van der Waals surface area contributed by atoms with Gasteiger partial charge in [0.15, 0.2) is 11.5 Å². The van der Waals surface area contributed by atoms with E-state index in [-0.39, 0.29) is 6.10 Å². The van der Waals surface area contributed by atoms with E-state index in [2.05, 4.69) is 48.6 Å². The van der Waals surface area contributed by atoms with Gasteiger partial charge in [-0.05, 0) is 51.0 Å². The molecule has 0 heterocycles. The van der Waals surface area contributed by atoms with E-state index in [1.54, 1.807) is 0 Å². The highest BCUT2D eigenvalue weighted by molar-refractivity contribution is 5.43. The molecule has 0 fully saturated rings. The Kier molecular flexibility index (Phi) is 6.48. The maximum Gasteiger partial charge on any atom is 0.161 e. The minimum Gasteiger partial charge on any atom is -0.490 e. The quantitative estimate of drug-likeness (QED) is 0.764. The van der Waals surface area contributed by atoms with Gasteiger partial charge in [-0.1, -0.05) is 36.4 Å². The zero-order valence-corrected chi connectivity index (χ0v) is 14.5. The number of nitrogens with one attached hydrogen (secondary N) is 1. The van der Waals surface area contributed by atoms with Gasteiger partial charge >= 0.3 is 0 Å². The summed E-state index contributed by atoms with van der Waals surface area (Å²) in [6, 6.07) is 16.9. The van der Waals surface area contributed by atoms with Crippen LogP contribution in [0.4, 0.5) is 0 Å². The summed E-state index contributed by atoms with van der Waals surface area (Å²) >= 11 is 0. The molecule has 0 saturated heterocycles. The molecule has 1 N–H and O–H groups in total. The molecule has 0 saturated carbocycles. The molecule has 0 aliphatic heterocycles. The van der Waals surface area contributed by atoms with Crippen molar-refractivity contribution in [3.8, 4) is 11.5 Å². The Morgan fingerprint density at radius 3 is 2.35 bits per heavy atom. The minimum absolute atomic E-state index is 0.135. The molecule has 23 heavy (non-hydrogen) atoms. The van der Waals surface area contributed by atoms with Crippen molar-refractivity contribution in [2.24, 2.45) is 0 Å². The monoisotopic (exact) mass is 313 g/mol. The van der Waals surface area contributed by atoms with Gasteiger partial charge in [-0.3, -0.25) is 0 Å². The normalized spacial score (nSPS) is 12.2. The Balaban J connectivity index is 2.03. The second-order valence-corrected chi connectivity index (χ2v) is 5.89. The van der Waals surface area contributed by atoms with Gasteiger partial charge in [0.05, 0.1) is 12.7 Å². The van der Waals surface area contributed by atoms with Crippen LogP contribution in [0.15, 0.2) is 48.5 Å². The maximum absolute atomic E-state index is 5.80. The fourth-order valence-electron chi connectivity index (χ4n) is 2.41.